The van der Waals surface area contributed by atoms with Gasteiger partial charge in [0.25, 0.3) is 17.7 Å². The van der Waals surface area contributed by atoms with E-state index in [0.29, 0.717) is 38.6 Å². The van der Waals surface area contributed by atoms with E-state index in [1.165, 1.54) is 6.08 Å². The van der Waals surface area contributed by atoms with Gasteiger partial charge in [0, 0.05) is 5.69 Å². The van der Waals surface area contributed by atoms with Crippen molar-refractivity contribution in [3.05, 3.63) is 87.5 Å². The van der Waals surface area contributed by atoms with Gasteiger partial charge in [-0.25, -0.2) is 9.69 Å². The molecule has 10 heteroatoms. The smallest absolute Gasteiger partial charge is 0.335 e. The fourth-order valence-corrected chi connectivity index (χ4v) is 4.35. The van der Waals surface area contributed by atoms with Gasteiger partial charge in [0.1, 0.15) is 5.57 Å². The maximum absolute atomic E-state index is 13.1. The second-order valence-corrected chi connectivity index (χ2v) is 8.92. The van der Waals surface area contributed by atoms with E-state index in [4.69, 9.17) is 9.47 Å². The molecular weight excluding hydrogens is 589 g/mol. The van der Waals surface area contributed by atoms with E-state index in [9.17, 15) is 19.2 Å². The highest BCUT2D eigenvalue weighted by atomic mass is 127. The minimum atomic E-state index is -0.819. The van der Waals surface area contributed by atoms with Crippen LogP contribution in [0.25, 0.3) is 6.08 Å². The summed E-state index contributed by atoms with van der Waals surface area (Å²) in [6, 6.07) is 19.8. The molecule has 0 saturated carbocycles. The van der Waals surface area contributed by atoms with Gasteiger partial charge in [-0.3, -0.25) is 19.7 Å². The molecule has 1 fully saturated rings. The number of imide groups is 2. The molecule has 3 aromatic rings. The minimum absolute atomic E-state index is 0.211. The number of hydrogen-bond acceptors (Lipinski definition) is 6. The molecule has 0 radical (unpaired) electrons. The number of carbonyl (C=O) groups is 4. The normalized spacial score (nSPS) is 14.4. The van der Waals surface area contributed by atoms with E-state index >= 15 is 0 Å². The zero-order chi connectivity index (χ0) is 26.4. The van der Waals surface area contributed by atoms with Crippen molar-refractivity contribution >= 4 is 63.8 Å². The van der Waals surface area contributed by atoms with Gasteiger partial charge in [0.05, 0.1) is 15.9 Å². The van der Waals surface area contributed by atoms with E-state index in [1.807, 2.05) is 40.8 Å². The first kappa shape index (κ1) is 25.9. The van der Waals surface area contributed by atoms with E-state index in [1.54, 1.807) is 61.5 Å². The summed E-state index contributed by atoms with van der Waals surface area (Å²) in [4.78, 5) is 51.3. The monoisotopic (exact) mass is 611 g/mol. The quantitative estimate of drug-likeness (QED) is 0.222. The number of amides is 5. The molecule has 9 nitrogen and oxygen atoms in total. The molecular formula is C27H22IN3O6. The number of barbiturate groups is 1. The molecule has 0 atom stereocenters. The van der Waals surface area contributed by atoms with Crippen molar-refractivity contribution in [3.63, 3.8) is 0 Å². The van der Waals surface area contributed by atoms with Crippen molar-refractivity contribution in [2.45, 2.75) is 6.92 Å². The van der Waals surface area contributed by atoms with Crippen molar-refractivity contribution < 1.29 is 28.7 Å². The van der Waals surface area contributed by atoms with Crippen molar-refractivity contribution in [3.8, 4) is 11.5 Å². The average Bonchev–Trinajstić information content (AvgIpc) is 2.87. The molecule has 0 aliphatic carbocycles. The summed E-state index contributed by atoms with van der Waals surface area (Å²) in [7, 11) is 0. The molecule has 5 amide bonds. The number of rotatable bonds is 8. The molecule has 4 rings (SSSR count). The summed E-state index contributed by atoms with van der Waals surface area (Å²) in [6.07, 6.45) is 1.39. The number of carbonyl (C=O) groups excluding carboxylic acids is 4. The first-order chi connectivity index (χ1) is 17.9. The van der Waals surface area contributed by atoms with Crippen LogP contribution in [0, 0.1) is 3.57 Å². The van der Waals surface area contributed by atoms with E-state index < -0.39 is 17.8 Å². The SMILES string of the molecule is CCOc1cc(/C=C2\C(=O)NC(=O)N(c3ccccc3)C2=O)cc(I)c1OCC(=O)Nc1ccccc1. The van der Waals surface area contributed by atoms with Gasteiger partial charge in [-0.15, -0.1) is 0 Å². The molecule has 1 aliphatic rings. The third-order valence-electron chi connectivity index (χ3n) is 5.16. The van der Waals surface area contributed by atoms with Crippen molar-refractivity contribution in [1.29, 1.82) is 0 Å². The van der Waals surface area contributed by atoms with Crippen LogP contribution in [-0.2, 0) is 14.4 Å². The van der Waals surface area contributed by atoms with Crippen molar-refractivity contribution in [2.24, 2.45) is 0 Å². The number of ether oxygens (including phenoxy) is 2. The number of hydrogen-bond donors (Lipinski definition) is 2. The summed E-state index contributed by atoms with van der Waals surface area (Å²) in [5.41, 5.74) is 1.26. The Morgan fingerprint density at radius 1 is 1.00 bits per heavy atom. The summed E-state index contributed by atoms with van der Waals surface area (Å²) < 4.78 is 12.1. The number of nitrogens with one attached hydrogen (secondary N) is 2. The van der Waals surface area contributed by atoms with E-state index in [0.717, 1.165) is 4.90 Å². The van der Waals surface area contributed by atoms with Crippen LogP contribution in [-0.4, -0.2) is 37.0 Å². The summed E-state index contributed by atoms with van der Waals surface area (Å²) in [5.74, 6) is -1.19. The van der Waals surface area contributed by atoms with Crippen LogP contribution in [0.4, 0.5) is 16.2 Å². The number of halogens is 1. The largest absolute Gasteiger partial charge is 0.490 e. The fraction of sp³-hybridized carbons (Fsp3) is 0.111. The van der Waals surface area contributed by atoms with Crippen LogP contribution in [0.2, 0.25) is 0 Å². The molecule has 1 saturated heterocycles. The zero-order valence-corrected chi connectivity index (χ0v) is 21.9. The Kier molecular flexibility index (Phi) is 8.18. The maximum atomic E-state index is 13.1. The summed E-state index contributed by atoms with van der Waals surface area (Å²) >= 11 is 2.03. The van der Waals surface area contributed by atoms with E-state index in [2.05, 4.69) is 10.6 Å². The van der Waals surface area contributed by atoms with Crippen LogP contribution in [0.5, 0.6) is 11.5 Å². The highest BCUT2D eigenvalue weighted by Crippen LogP contribution is 2.35. The maximum Gasteiger partial charge on any atom is 0.335 e. The van der Waals surface area contributed by atoms with Crippen LogP contribution < -0.4 is 25.0 Å². The molecule has 0 unspecified atom stereocenters. The van der Waals surface area contributed by atoms with Crippen LogP contribution in [0.3, 0.4) is 0 Å². The number of urea groups is 1. The lowest BCUT2D eigenvalue weighted by molar-refractivity contribution is -0.122. The Morgan fingerprint density at radius 3 is 2.35 bits per heavy atom. The van der Waals surface area contributed by atoms with Crippen LogP contribution >= 0.6 is 22.6 Å². The van der Waals surface area contributed by atoms with Gasteiger partial charge >= 0.3 is 6.03 Å². The standard InChI is InChI=1S/C27H22IN3O6/c1-2-36-22-15-17(14-21(28)24(22)37-16-23(32)29-18-9-5-3-6-10-18)13-20-25(33)30-27(35)31(26(20)34)19-11-7-4-8-12-19/h3-15H,2,16H2,1H3,(H,29,32)(H,30,33,35)/b20-13+. The highest BCUT2D eigenvalue weighted by Gasteiger charge is 2.36. The Balaban J connectivity index is 1.58. The van der Waals surface area contributed by atoms with Crippen molar-refractivity contribution in [1.82, 2.24) is 5.32 Å². The lowest BCUT2D eigenvalue weighted by atomic mass is 10.1. The molecule has 0 bridgehead atoms. The summed E-state index contributed by atoms with van der Waals surface area (Å²) in [5, 5.41) is 4.95. The third kappa shape index (κ3) is 6.15. The first-order valence-corrected chi connectivity index (χ1v) is 12.4. The van der Waals surface area contributed by atoms with Gasteiger partial charge in [-0.05, 0) is 77.6 Å². The molecule has 0 aromatic heterocycles. The second-order valence-electron chi connectivity index (χ2n) is 7.76. The minimum Gasteiger partial charge on any atom is -0.490 e. The number of nitrogens with zero attached hydrogens (tertiary/aromatic N) is 1. The summed E-state index contributed by atoms with van der Waals surface area (Å²) in [6.45, 7) is 1.87. The van der Waals surface area contributed by atoms with Gasteiger partial charge in [0.2, 0.25) is 0 Å². The zero-order valence-electron chi connectivity index (χ0n) is 19.7. The lowest BCUT2D eigenvalue weighted by Gasteiger charge is -2.26. The molecule has 1 aliphatic heterocycles. The molecule has 3 aromatic carbocycles. The molecule has 1 heterocycles. The first-order valence-electron chi connectivity index (χ1n) is 11.3. The topological polar surface area (TPSA) is 114 Å². The lowest BCUT2D eigenvalue weighted by Crippen LogP contribution is -2.54. The Morgan fingerprint density at radius 2 is 1.68 bits per heavy atom. The molecule has 188 valence electrons. The van der Waals surface area contributed by atoms with Gasteiger partial charge in [-0.1, -0.05) is 36.4 Å². The molecule has 37 heavy (non-hydrogen) atoms. The number of benzene rings is 3. The average molecular weight is 611 g/mol. The Labute approximate surface area is 226 Å². The predicted octanol–water partition coefficient (Wildman–Crippen LogP) is 4.37. The highest BCUT2D eigenvalue weighted by molar-refractivity contribution is 14.1. The van der Waals surface area contributed by atoms with E-state index in [-0.39, 0.29) is 18.1 Å². The number of para-hydroxylation sites is 2. The van der Waals surface area contributed by atoms with Crippen molar-refractivity contribution in [2.75, 3.05) is 23.4 Å². The van der Waals surface area contributed by atoms with Crippen LogP contribution in [0.15, 0.2) is 78.4 Å². The second kappa shape index (κ2) is 11.7. The third-order valence-corrected chi connectivity index (χ3v) is 5.97. The predicted molar refractivity (Wildman–Crippen MR) is 146 cm³/mol. The Bertz CT molecular complexity index is 1380. The fourth-order valence-electron chi connectivity index (χ4n) is 3.57. The van der Waals surface area contributed by atoms with Gasteiger partial charge in [-0.2, -0.15) is 0 Å². The van der Waals surface area contributed by atoms with Gasteiger partial charge < -0.3 is 14.8 Å². The van der Waals surface area contributed by atoms with Gasteiger partial charge in [0.15, 0.2) is 18.1 Å². The Hall–Kier alpha value is -4.19. The number of anilines is 2. The van der Waals surface area contributed by atoms with Crippen LogP contribution in [0.1, 0.15) is 12.5 Å². The molecule has 2 N–H and O–H groups in total. The molecule has 0 spiro atoms.